The second kappa shape index (κ2) is 8.15. The Morgan fingerprint density at radius 3 is 2.44 bits per heavy atom. The van der Waals surface area contributed by atoms with Crippen molar-refractivity contribution in [3.05, 3.63) is 42.0 Å². The Morgan fingerprint density at radius 1 is 1.06 bits per heavy atom. The van der Waals surface area contributed by atoms with Crippen LogP contribution in [0.3, 0.4) is 0 Å². The van der Waals surface area contributed by atoms with Crippen LogP contribution in [-0.4, -0.2) is 0 Å². The van der Waals surface area contributed by atoms with Crippen LogP contribution in [0.2, 0.25) is 0 Å². The highest BCUT2D eigenvalue weighted by atomic mass is 14.1. The molecule has 0 heteroatoms. The summed E-state index contributed by atoms with van der Waals surface area (Å²) in [7, 11) is 0. The summed E-state index contributed by atoms with van der Waals surface area (Å²) in [6.45, 7) is 4.55. The third kappa shape index (κ3) is 5.16. The first-order valence-electron chi connectivity index (χ1n) is 6.60. The van der Waals surface area contributed by atoms with Crippen molar-refractivity contribution in [2.24, 2.45) is 5.92 Å². The summed E-state index contributed by atoms with van der Waals surface area (Å²) < 4.78 is 0. The molecule has 1 unspecified atom stereocenters. The van der Waals surface area contributed by atoms with Crippen LogP contribution in [-0.2, 0) is 0 Å². The quantitative estimate of drug-likeness (QED) is 0.542. The molecule has 0 aliphatic rings. The predicted octanol–water partition coefficient (Wildman–Crippen LogP) is 5.31. The average molecular weight is 216 g/mol. The van der Waals surface area contributed by atoms with Gasteiger partial charge in [0.15, 0.2) is 0 Å². The van der Waals surface area contributed by atoms with E-state index in [4.69, 9.17) is 0 Å². The van der Waals surface area contributed by atoms with Crippen molar-refractivity contribution >= 4 is 6.08 Å². The number of unbranched alkanes of at least 4 members (excludes halogenated alkanes) is 2. The second-order valence-corrected chi connectivity index (χ2v) is 4.43. The Labute approximate surface area is 100 Å². The van der Waals surface area contributed by atoms with Gasteiger partial charge in [-0.3, -0.25) is 0 Å². The molecule has 0 heterocycles. The molecule has 0 N–H and O–H groups in total. The first-order valence-corrected chi connectivity index (χ1v) is 6.60. The maximum Gasteiger partial charge on any atom is -0.0233 e. The summed E-state index contributed by atoms with van der Waals surface area (Å²) in [5, 5.41) is 0. The lowest BCUT2D eigenvalue weighted by atomic mass is 9.97. The molecular formula is C16H24. The van der Waals surface area contributed by atoms with E-state index in [1.54, 1.807) is 0 Å². The fourth-order valence-corrected chi connectivity index (χ4v) is 1.90. The highest BCUT2D eigenvalue weighted by molar-refractivity contribution is 5.48. The fourth-order valence-electron chi connectivity index (χ4n) is 1.90. The van der Waals surface area contributed by atoms with E-state index >= 15 is 0 Å². The first-order chi connectivity index (χ1) is 7.86. The zero-order valence-corrected chi connectivity index (χ0v) is 10.7. The van der Waals surface area contributed by atoms with Crippen molar-refractivity contribution in [3.63, 3.8) is 0 Å². The Morgan fingerprint density at radius 2 is 1.81 bits per heavy atom. The van der Waals surface area contributed by atoms with Crippen LogP contribution >= 0.6 is 0 Å². The summed E-state index contributed by atoms with van der Waals surface area (Å²) in [5.41, 5.74) is 1.32. The molecule has 0 fully saturated rings. The minimum atomic E-state index is 0.756. The summed E-state index contributed by atoms with van der Waals surface area (Å²) in [6.07, 6.45) is 11.3. The van der Waals surface area contributed by atoms with E-state index in [9.17, 15) is 0 Å². The van der Waals surface area contributed by atoms with Gasteiger partial charge in [0.25, 0.3) is 0 Å². The Bertz CT molecular complexity index is 284. The van der Waals surface area contributed by atoms with E-state index in [0.29, 0.717) is 0 Å². The minimum Gasteiger partial charge on any atom is -0.0808 e. The van der Waals surface area contributed by atoms with Gasteiger partial charge in [-0.15, -0.1) is 0 Å². The highest BCUT2D eigenvalue weighted by Gasteiger charge is 2.00. The first kappa shape index (κ1) is 13.0. The lowest BCUT2D eigenvalue weighted by Crippen LogP contribution is -1.93. The van der Waals surface area contributed by atoms with Gasteiger partial charge in [-0.05, 0) is 24.3 Å². The van der Waals surface area contributed by atoms with E-state index in [0.717, 1.165) is 5.92 Å². The van der Waals surface area contributed by atoms with Crippen LogP contribution in [0.4, 0.5) is 0 Å². The van der Waals surface area contributed by atoms with E-state index < -0.39 is 0 Å². The van der Waals surface area contributed by atoms with Gasteiger partial charge in [0.1, 0.15) is 0 Å². The maximum atomic E-state index is 2.38. The van der Waals surface area contributed by atoms with Crippen molar-refractivity contribution in [3.8, 4) is 0 Å². The van der Waals surface area contributed by atoms with E-state index in [-0.39, 0.29) is 0 Å². The van der Waals surface area contributed by atoms with Crippen LogP contribution in [0.5, 0.6) is 0 Å². The molecule has 0 aromatic heterocycles. The molecule has 0 saturated heterocycles. The van der Waals surface area contributed by atoms with E-state index in [2.05, 4.69) is 56.3 Å². The SMILES string of the molecule is CCCCCC(/C=C/c1ccccc1)CC. The minimum absolute atomic E-state index is 0.756. The van der Waals surface area contributed by atoms with Crippen LogP contribution in [0.25, 0.3) is 6.08 Å². The Kier molecular flexibility index (Phi) is 6.64. The number of hydrogen-bond donors (Lipinski definition) is 0. The van der Waals surface area contributed by atoms with Gasteiger partial charge in [0, 0.05) is 0 Å². The molecule has 0 spiro atoms. The molecule has 0 radical (unpaired) electrons. The monoisotopic (exact) mass is 216 g/mol. The molecule has 16 heavy (non-hydrogen) atoms. The lowest BCUT2D eigenvalue weighted by molar-refractivity contribution is 0.528. The van der Waals surface area contributed by atoms with Gasteiger partial charge in [-0.1, -0.05) is 75.6 Å². The van der Waals surface area contributed by atoms with Crippen LogP contribution < -0.4 is 0 Å². The van der Waals surface area contributed by atoms with Crippen molar-refractivity contribution in [2.75, 3.05) is 0 Å². The topological polar surface area (TPSA) is 0 Å². The summed E-state index contributed by atoms with van der Waals surface area (Å²) in [4.78, 5) is 0. The normalized spacial score (nSPS) is 13.1. The van der Waals surface area contributed by atoms with Crippen molar-refractivity contribution in [1.29, 1.82) is 0 Å². The van der Waals surface area contributed by atoms with Gasteiger partial charge in [-0.2, -0.15) is 0 Å². The van der Waals surface area contributed by atoms with Gasteiger partial charge in [-0.25, -0.2) is 0 Å². The molecule has 0 bridgehead atoms. The molecule has 1 aromatic rings. The molecule has 0 amide bonds. The van der Waals surface area contributed by atoms with Crippen LogP contribution in [0.15, 0.2) is 36.4 Å². The summed E-state index contributed by atoms with van der Waals surface area (Å²) in [6, 6.07) is 10.6. The molecule has 1 rings (SSSR count). The second-order valence-electron chi connectivity index (χ2n) is 4.43. The fraction of sp³-hybridized carbons (Fsp3) is 0.500. The molecule has 0 aliphatic heterocycles. The molecule has 88 valence electrons. The number of rotatable bonds is 7. The average Bonchev–Trinajstić information content (AvgIpc) is 2.35. The van der Waals surface area contributed by atoms with Crippen LogP contribution in [0.1, 0.15) is 51.5 Å². The number of benzene rings is 1. The van der Waals surface area contributed by atoms with Gasteiger partial charge >= 0.3 is 0 Å². The van der Waals surface area contributed by atoms with Crippen molar-refractivity contribution in [2.45, 2.75) is 46.0 Å². The maximum absolute atomic E-state index is 2.38. The van der Waals surface area contributed by atoms with E-state index in [1.165, 1.54) is 37.7 Å². The van der Waals surface area contributed by atoms with Crippen molar-refractivity contribution < 1.29 is 0 Å². The summed E-state index contributed by atoms with van der Waals surface area (Å²) in [5.74, 6) is 0.756. The van der Waals surface area contributed by atoms with E-state index in [1.807, 2.05) is 0 Å². The van der Waals surface area contributed by atoms with Crippen LogP contribution in [0, 0.1) is 5.92 Å². The Hall–Kier alpha value is -1.04. The third-order valence-corrected chi connectivity index (χ3v) is 3.06. The summed E-state index contributed by atoms with van der Waals surface area (Å²) >= 11 is 0. The third-order valence-electron chi connectivity index (χ3n) is 3.06. The van der Waals surface area contributed by atoms with Gasteiger partial charge < -0.3 is 0 Å². The lowest BCUT2D eigenvalue weighted by Gasteiger charge is -2.09. The standard InChI is InChI=1S/C16H24/c1-3-5-7-10-15(4-2)13-14-16-11-8-6-9-12-16/h6,8-9,11-15H,3-5,7,10H2,1-2H3/b14-13+. The Balaban J connectivity index is 2.40. The molecule has 0 nitrogen and oxygen atoms in total. The van der Waals surface area contributed by atoms with Crippen molar-refractivity contribution in [1.82, 2.24) is 0 Å². The van der Waals surface area contributed by atoms with Gasteiger partial charge in [0.2, 0.25) is 0 Å². The molecule has 1 aromatic carbocycles. The number of hydrogen-bond acceptors (Lipinski definition) is 0. The number of allylic oxidation sites excluding steroid dienone is 1. The molecular weight excluding hydrogens is 192 g/mol. The smallest absolute Gasteiger partial charge is 0.0233 e. The molecule has 0 aliphatic carbocycles. The zero-order chi connectivity index (χ0) is 11.6. The zero-order valence-electron chi connectivity index (χ0n) is 10.7. The predicted molar refractivity (Wildman–Crippen MR) is 73.4 cm³/mol. The highest BCUT2D eigenvalue weighted by Crippen LogP contribution is 2.16. The molecule has 0 saturated carbocycles. The largest absolute Gasteiger partial charge is 0.0808 e. The van der Waals surface area contributed by atoms with Gasteiger partial charge in [0.05, 0.1) is 0 Å². The molecule has 1 atom stereocenters.